The molecule has 1 unspecified atom stereocenters. The van der Waals surface area contributed by atoms with Gasteiger partial charge in [-0.05, 0) is 44.9 Å². The quantitative estimate of drug-likeness (QED) is 0.462. The maximum Gasteiger partial charge on any atom is 0.338 e. The van der Waals surface area contributed by atoms with Crippen LogP contribution in [0.1, 0.15) is 50.0 Å². The third-order valence-corrected chi connectivity index (χ3v) is 3.22. The van der Waals surface area contributed by atoms with Crippen LogP contribution < -0.4 is 10.6 Å². The zero-order valence-corrected chi connectivity index (χ0v) is 14.0. The molecule has 1 atom stereocenters. The molecule has 1 aromatic carbocycles. The molecule has 0 radical (unpaired) electrons. The molecule has 5 heteroatoms. The number of guanidine groups is 1. The average molecular weight is 305 g/mol. The number of esters is 1. The minimum Gasteiger partial charge on any atom is -0.462 e. The van der Waals surface area contributed by atoms with Gasteiger partial charge in [-0.15, -0.1) is 0 Å². The molecule has 1 aromatic rings. The van der Waals surface area contributed by atoms with Crippen LogP contribution in [-0.4, -0.2) is 31.1 Å². The van der Waals surface area contributed by atoms with Gasteiger partial charge in [0.25, 0.3) is 0 Å². The number of rotatable bonds is 7. The summed E-state index contributed by atoms with van der Waals surface area (Å²) in [6, 6.07) is 7.74. The molecule has 0 saturated heterocycles. The molecule has 0 aliphatic rings. The van der Waals surface area contributed by atoms with Gasteiger partial charge in [-0.3, -0.25) is 0 Å². The topological polar surface area (TPSA) is 62.7 Å². The summed E-state index contributed by atoms with van der Waals surface area (Å²) < 4.78 is 4.97. The zero-order valence-electron chi connectivity index (χ0n) is 14.0. The van der Waals surface area contributed by atoms with Crippen molar-refractivity contribution in [2.45, 2.75) is 46.7 Å². The van der Waals surface area contributed by atoms with E-state index in [0.717, 1.165) is 24.5 Å². The van der Waals surface area contributed by atoms with Crippen LogP contribution in [0.2, 0.25) is 0 Å². The highest BCUT2D eigenvalue weighted by molar-refractivity contribution is 5.89. The Morgan fingerprint density at radius 1 is 1.23 bits per heavy atom. The number of carbonyl (C=O) groups excluding carboxylic acids is 1. The molecule has 5 nitrogen and oxygen atoms in total. The van der Waals surface area contributed by atoms with Crippen LogP contribution in [0.4, 0.5) is 0 Å². The highest BCUT2D eigenvalue weighted by Gasteiger charge is 2.06. The predicted molar refractivity (Wildman–Crippen MR) is 90.1 cm³/mol. The number of nitrogens with one attached hydrogen (secondary N) is 2. The summed E-state index contributed by atoms with van der Waals surface area (Å²) in [6.45, 7) is 9.88. The molecule has 0 fully saturated rings. The summed E-state index contributed by atoms with van der Waals surface area (Å²) in [7, 11) is 0. The summed E-state index contributed by atoms with van der Waals surface area (Å²) in [6.07, 6.45) is 1.04. The molecule has 1 rings (SSSR count). The van der Waals surface area contributed by atoms with E-state index in [-0.39, 0.29) is 5.97 Å². The third-order valence-electron chi connectivity index (χ3n) is 3.22. The molecule has 22 heavy (non-hydrogen) atoms. The fourth-order valence-corrected chi connectivity index (χ4v) is 1.79. The first-order valence-corrected chi connectivity index (χ1v) is 7.91. The molecule has 0 aliphatic carbocycles. The Balaban J connectivity index is 2.67. The SMILES string of the molecule is CCNC(=NCc1ccc(C(=O)OCC)cc1)NC(C)CC. The van der Waals surface area contributed by atoms with Crippen LogP contribution in [0.3, 0.4) is 0 Å². The molecule has 2 N–H and O–H groups in total. The van der Waals surface area contributed by atoms with Crippen LogP contribution in [0.5, 0.6) is 0 Å². The second-order valence-corrected chi connectivity index (χ2v) is 5.07. The maximum atomic E-state index is 11.6. The third kappa shape index (κ3) is 6.16. The minimum atomic E-state index is -0.288. The van der Waals surface area contributed by atoms with Crippen LogP contribution >= 0.6 is 0 Å². The van der Waals surface area contributed by atoms with Gasteiger partial charge in [0.05, 0.1) is 18.7 Å². The van der Waals surface area contributed by atoms with Gasteiger partial charge in [-0.1, -0.05) is 19.1 Å². The van der Waals surface area contributed by atoms with E-state index in [1.54, 1.807) is 19.1 Å². The van der Waals surface area contributed by atoms with Crippen LogP contribution in [0.25, 0.3) is 0 Å². The first-order valence-electron chi connectivity index (χ1n) is 7.91. The first kappa shape index (κ1) is 18.0. The molecule has 0 bridgehead atoms. The van der Waals surface area contributed by atoms with E-state index in [1.165, 1.54) is 0 Å². The highest BCUT2D eigenvalue weighted by Crippen LogP contribution is 2.07. The van der Waals surface area contributed by atoms with E-state index < -0.39 is 0 Å². The van der Waals surface area contributed by atoms with Crippen molar-refractivity contribution < 1.29 is 9.53 Å². The van der Waals surface area contributed by atoms with Crippen molar-refractivity contribution in [1.82, 2.24) is 10.6 Å². The standard InChI is InChI=1S/C17H27N3O2/c1-5-13(4)20-17(18-6-2)19-12-14-8-10-15(11-9-14)16(21)22-7-3/h8-11,13H,5-7,12H2,1-4H3,(H2,18,19,20). The summed E-state index contributed by atoms with van der Waals surface area (Å²) >= 11 is 0. The molecule has 122 valence electrons. The number of aliphatic imine (C=N–C) groups is 1. The van der Waals surface area contributed by atoms with Gasteiger partial charge < -0.3 is 15.4 Å². The second-order valence-electron chi connectivity index (χ2n) is 5.07. The van der Waals surface area contributed by atoms with Crippen molar-refractivity contribution in [2.75, 3.05) is 13.2 Å². The molecule has 0 spiro atoms. The lowest BCUT2D eigenvalue weighted by atomic mass is 10.1. The Morgan fingerprint density at radius 3 is 2.45 bits per heavy atom. The normalized spacial score (nSPS) is 12.6. The molecule has 0 heterocycles. The number of benzene rings is 1. The molecule has 0 amide bonds. The Kier molecular flexibility index (Phi) is 8.04. The van der Waals surface area contributed by atoms with E-state index in [4.69, 9.17) is 4.74 Å². The van der Waals surface area contributed by atoms with Crippen molar-refractivity contribution in [1.29, 1.82) is 0 Å². The summed E-state index contributed by atoms with van der Waals surface area (Å²) in [5, 5.41) is 6.58. The fourth-order valence-electron chi connectivity index (χ4n) is 1.79. The van der Waals surface area contributed by atoms with Crippen LogP contribution in [0, 0.1) is 0 Å². The van der Waals surface area contributed by atoms with Gasteiger partial charge in [0.2, 0.25) is 0 Å². The van der Waals surface area contributed by atoms with E-state index >= 15 is 0 Å². The van der Waals surface area contributed by atoms with Crippen molar-refractivity contribution in [2.24, 2.45) is 4.99 Å². The van der Waals surface area contributed by atoms with Crippen molar-refractivity contribution in [3.8, 4) is 0 Å². The lowest BCUT2D eigenvalue weighted by Crippen LogP contribution is -2.41. The van der Waals surface area contributed by atoms with E-state index in [0.29, 0.717) is 24.8 Å². The number of hydrogen-bond acceptors (Lipinski definition) is 3. The van der Waals surface area contributed by atoms with E-state index in [9.17, 15) is 4.79 Å². The summed E-state index contributed by atoms with van der Waals surface area (Å²) in [5.74, 6) is 0.524. The van der Waals surface area contributed by atoms with Crippen molar-refractivity contribution in [3.63, 3.8) is 0 Å². The highest BCUT2D eigenvalue weighted by atomic mass is 16.5. The predicted octanol–water partition coefficient (Wildman–Crippen LogP) is 2.72. The van der Waals surface area contributed by atoms with Gasteiger partial charge in [0.15, 0.2) is 5.96 Å². The van der Waals surface area contributed by atoms with Crippen LogP contribution in [0.15, 0.2) is 29.3 Å². The summed E-state index contributed by atoms with van der Waals surface area (Å²) in [4.78, 5) is 16.2. The lowest BCUT2D eigenvalue weighted by molar-refractivity contribution is 0.0526. The Morgan fingerprint density at radius 2 is 1.91 bits per heavy atom. The van der Waals surface area contributed by atoms with Crippen molar-refractivity contribution >= 4 is 11.9 Å². The molecule has 0 aliphatic heterocycles. The minimum absolute atomic E-state index is 0.288. The monoisotopic (exact) mass is 305 g/mol. The average Bonchev–Trinajstić information content (AvgIpc) is 2.53. The van der Waals surface area contributed by atoms with Crippen LogP contribution in [-0.2, 0) is 11.3 Å². The number of carbonyl (C=O) groups is 1. The van der Waals surface area contributed by atoms with Gasteiger partial charge in [-0.2, -0.15) is 0 Å². The maximum absolute atomic E-state index is 11.6. The summed E-state index contributed by atoms with van der Waals surface area (Å²) in [5.41, 5.74) is 1.62. The van der Waals surface area contributed by atoms with E-state index in [1.807, 2.05) is 19.1 Å². The molecule has 0 saturated carbocycles. The second kappa shape index (κ2) is 9.82. The fraction of sp³-hybridized carbons (Fsp3) is 0.529. The zero-order chi connectivity index (χ0) is 16.4. The van der Waals surface area contributed by atoms with Gasteiger partial charge in [-0.25, -0.2) is 9.79 Å². The smallest absolute Gasteiger partial charge is 0.338 e. The molecular weight excluding hydrogens is 278 g/mol. The lowest BCUT2D eigenvalue weighted by Gasteiger charge is -2.16. The number of ether oxygens (including phenoxy) is 1. The molecular formula is C17H27N3O2. The number of nitrogens with zero attached hydrogens (tertiary/aromatic N) is 1. The van der Waals surface area contributed by atoms with Gasteiger partial charge in [0.1, 0.15) is 0 Å². The largest absolute Gasteiger partial charge is 0.462 e. The Hall–Kier alpha value is -2.04. The Bertz CT molecular complexity index is 483. The Labute approximate surface area is 133 Å². The van der Waals surface area contributed by atoms with Crippen molar-refractivity contribution in [3.05, 3.63) is 35.4 Å². The molecule has 0 aromatic heterocycles. The van der Waals surface area contributed by atoms with Gasteiger partial charge >= 0.3 is 5.97 Å². The van der Waals surface area contributed by atoms with Gasteiger partial charge in [0, 0.05) is 12.6 Å². The first-order chi connectivity index (χ1) is 10.6. The van der Waals surface area contributed by atoms with E-state index in [2.05, 4.69) is 29.5 Å². The number of hydrogen-bond donors (Lipinski definition) is 2.